The van der Waals surface area contributed by atoms with E-state index in [1.165, 1.54) is 31.4 Å². The molecule has 0 saturated heterocycles. The summed E-state index contributed by atoms with van der Waals surface area (Å²) in [6, 6.07) is 2.78. The third-order valence-electron chi connectivity index (χ3n) is 4.34. The largest absolute Gasteiger partial charge is 0.311 e. The molecule has 3 unspecified atom stereocenters. The van der Waals surface area contributed by atoms with Crippen LogP contribution in [0, 0.1) is 11.8 Å². The Balaban J connectivity index is 1.89. The molecule has 0 radical (unpaired) electrons. The van der Waals surface area contributed by atoms with Gasteiger partial charge in [-0.05, 0) is 50.1 Å². The Kier molecular flexibility index (Phi) is 4.81. The van der Waals surface area contributed by atoms with Crippen LogP contribution < -0.4 is 5.32 Å². The highest BCUT2D eigenvalue weighted by Gasteiger charge is 2.25. The van der Waals surface area contributed by atoms with Crippen LogP contribution in [-0.2, 0) is 6.54 Å². The van der Waals surface area contributed by atoms with Gasteiger partial charge in [-0.15, -0.1) is 0 Å². The molecule has 3 heteroatoms. The predicted molar refractivity (Wildman–Crippen MR) is 75.4 cm³/mol. The van der Waals surface area contributed by atoms with Gasteiger partial charge in [0.15, 0.2) is 0 Å². The maximum absolute atomic E-state index is 4.72. The first-order valence-corrected chi connectivity index (χ1v) is 7.45. The van der Waals surface area contributed by atoms with Gasteiger partial charge < -0.3 is 5.32 Å². The van der Waals surface area contributed by atoms with Gasteiger partial charge in [-0.3, -0.25) is 4.68 Å². The number of aromatic nitrogens is 2. The van der Waals surface area contributed by atoms with E-state index >= 15 is 0 Å². The molecule has 2 rings (SSSR count). The molecule has 1 aromatic rings. The first-order valence-electron chi connectivity index (χ1n) is 7.45. The van der Waals surface area contributed by atoms with Crippen molar-refractivity contribution in [2.75, 3.05) is 6.54 Å². The van der Waals surface area contributed by atoms with E-state index < -0.39 is 0 Å². The summed E-state index contributed by atoms with van der Waals surface area (Å²) in [5.74, 6) is 1.71. The van der Waals surface area contributed by atoms with E-state index in [9.17, 15) is 0 Å². The summed E-state index contributed by atoms with van der Waals surface area (Å²) < 4.78 is 2.20. The molecule has 18 heavy (non-hydrogen) atoms. The molecule has 1 aliphatic carbocycles. The van der Waals surface area contributed by atoms with Crippen LogP contribution in [0.1, 0.15) is 58.2 Å². The van der Waals surface area contributed by atoms with Crippen LogP contribution in [0.4, 0.5) is 0 Å². The van der Waals surface area contributed by atoms with Crippen molar-refractivity contribution < 1.29 is 0 Å². The molecule has 1 N–H and O–H groups in total. The molecule has 1 aromatic heterocycles. The maximum atomic E-state index is 4.72. The molecule has 1 saturated carbocycles. The molecular weight excluding hydrogens is 222 g/mol. The van der Waals surface area contributed by atoms with Crippen molar-refractivity contribution in [2.24, 2.45) is 11.8 Å². The fourth-order valence-corrected chi connectivity index (χ4v) is 2.83. The van der Waals surface area contributed by atoms with E-state index in [0.717, 1.165) is 24.9 Å². The van der Waals surface area contributed by atoms with Crippen molar-refractivity contribution in [3.63, 3.8) is 0 Å². The van der Waals surface area contributed by atoms with E-state index in [1.807, 2.05) is 0 Å². The lowest BCUT2D eigenvalue weighted by atomic mass is 9.79. The topological polar surface area (TPSA) is 29.9 Å². The summed E-state index contributed by atoms with van der Waals surface area (Å²) in [6.07, 6.45) is 7.25. The Morgan fingerprint density at radius 2 is 2.17 bits per heavy atom. The highest BCUT2D eigenvalue weighted by Crippen LogP contribution is 2.35. The quantitative estimate of drug-likeness (QED) is 0.811. The van der Waals surface area contributed by atoms with Gasteiger partial charge in [0.25, 0.3) is 0 Å². The molecular formula is C15H27N3. The molecule has 102 valence electrons. The zero-order valence-electron chi connectivity index (χ0n) is 12.0. The number of hydrogen-bond acceptors (Lipinski definition) is 2. The first kappa shape index (κ1) is 13.6. The average Bonchev–Trinajstić information content (AvgIpc) is 2.82. The Labute approximate surface area is 111 Å². The number of nitrogens with zero attached hydrogens (tertiary/aromatic N) is 2. The van der Waals surface area contributed by atoms with E-state index in [-0.39, 0.29) is 0 Å². The predicted octanol–water partition coefficient (Wildman–Crippen LogP) is 3.38. The molecule has 1 heterocycles. The van der Waals surface area contributed by atoms with Crippen LogP contribution in [0.2, 0.25) is 0 Å². The van der Waals surface area contributed by atoms with Crippen LogP contribution in [0.3, 0.4) is 0 Å². The van der Waals surface area contributed by atoms with E-state index in [4.69, 9.17) is 5.10 Å². The van der Waals surface area contributed by atoms with Crippen LogP contribution >= 0.6 is 0 Å². The SMILES string of the molecule is CCCNCc1ccn(C2CCC(C)C(C)C2)n1. The highest BCUT2D eigenvalue weighted by molar-refractivity contribution is 5.00. The van der Waals surface area contributed by atoms with Crippen molar-refractivity contribution in [2.45, 2.75) is 59.0 Å². The third kappa shape index (κ3) is 3.35. The Bertz CT molecular complexity index is 358. The number of nitrogens with one attached hydrogen (secondary N) is 1. The smallest absolute Gasteiger partial charge is 0.0762 e. The molecule has 0 aliphatic heterocycles. The fourth-order valence-electron chi connectivity index (χ4n) is 2.83. The minimum Gasteiger partial charge on any atom is -0.311 e. The summed E-state index contributed by atoms with van der Waals surface area (Å²) in [5.41, 5.74) is 1.18. The summed E-state index contributed by atoms with van der Waals surface area (Å²) in [5, 5.41) is 8.13. The molecule has 3 nitrogen and oxygen atoms in total. The van der Waals surface area contributed by atoms with Crippen LogP contribution in [0.5, 0.6) is 0 Å². The minimum atomic E-state index is 0.621. The molecule has 0 spiro atoms. The van der Waals surface area contributed by atoms with E-state index in [0.29, 0.717) is 6.04 Å². The molecule has 0 bridgehead atoms. The fraction of sp³-hybridized carbons (Fsp3) is 0.800. The van der Waals surface area contributed by atoms with Crippen molar-refractivity contribution in [1.82, 2.24) is 15.1 Å². The van der Waals surface area contributed by atoms with Crippen molar-refractivity contribution in [3.05, 3.63) is 18.0 Å². The second kappa shape index (κ2) is 6.37. The standard InChI is InChI=1S/C15H27N3/c1-4-8-16-11-14-7-9-18(17-14)15-6-5-12(2)13(3)10-15/h7,9,12-13,15-16H,4-6,8,10-11H2,1-3H3. The molecule has 1 aliphatic rings. The zero-order valence-corrected chi connectivity index (χ0v) is 12.0. The molecule has 0 amide bonds. The van der Waals surface area contributed by atoms with Crippen LogP contribution in [0.25, 0.3) is 0 Å². The number of hydrogen-bond donors (Lipinski definition) is 1. The maximum Gasteiger partial charge on any atom is 0.0762 e. The van der Waals surface area contributed by atoms with Gasteiger partial charge in [0, 0.05) is 12.7 Å². The molecule has 3 atom stereocenters. The summed E-state index contributed by atoms with van der Waals surface area (Å²) in [6.45, 7) is 8.93. The molecule has 1 fully saturated rings. The normalized spacial score (nSPS) is 28.5. The Morgan fingerprint density at radius 3 is 2.89 bits per heavy atom. The lowest BCUT2D eigenvalue weighted by Gasteiger charge is -2.32. The lowest BCUT2D eigenvalue weighted by Crippen LogP contribution is -2.24. The summed E-state index contributed by atoms with van der Waals surface area (Å²) in [7, 11) is 0. The van der Waals surface area contributed by atoms with Gasteiger partial charge in [-0.1, -0.05) is 20.8 Å². The Hall–Kier alpha value is -0.830. The summed E-state index contributed by atoms with van der Waals surface area (Å²) >= 11 is 0. The zero-order chi connectivity index (χ0) is 13.0. The van der Waals surface area contributed by atoms with Crippen LogP contribution in [0.15, 0.2) is 12.3 Å². The monoisotopic (exact) mass is 249 g/mol. The first-order chi connectivity index (χ1) is 8.70. The Morgan fingerprint density at radius 1 is 1.33 bits per heavy atom. The average molecular weight is 249 g/mol. The number of rotatable bonds is 5. The van der Waals surface area contributed by atoms with Gasteiger partial charge in [-0.2, -0.15) is 5.10 Å². The second-order valence-corrected chi connectivity index (χ2v) is 5.89. The minimum absolute atomic E-state index is 0.621. The lowest BCUT2D eigenvalue weighted by molar-refractivity contribution is 0.200. The van der Waals surface area contributed by atoms with Crippen molar-refractivity contribution >= 4 is 0 Å². The third-order valence-corrected chi connectivity index (χ3v) is 4.34. The van der Waals surface area contributed by atoms with Crippen LogP contribution in [-0.4, -0.2) is 16.3 Å². The van der Waals surface area contributed by atoms with E-state index in [1.54, 1.807) is 0 Å². The van der Waals surface area contributed by atoms with Gasteiger partial charge in [-0.25, -0.2) is 0 Å². The van der Waals surface area contributed by atoms with Gasteiger partial charge in [0.1, 0.15) is 0 Å². The van der Waals surface area contributed by atoms with Gasteiger partial charge in [0.05, 0.1) is 11.7 Å². The van der Waals surface area contributed by atoms with Crippen molar-refractivity contribution in [3.8, 4) is 0 Å². The summed E-state index contributed by atoms with van der Waals surface area (Å²) in [4.78, 5) is 0. The molecule has 0 aromatic carbocycles. The van der Waals surface area contributed by atoms with Gasteiger partial charge in [0.2, 0.25) is 0 Å². The highest BCUT2D eigenvalue weighted by atomic mass is 15.3. The van der Waals surface area contributed by atoms with Crippen molar-refractivity contribution in [1.29, 1.82) is 0 Å². The van der Waals surface area contributed by atoms with E-state index in [2.05, 4.69) is 43.0 Å². The van der Waals surface area contributed by atoms with Gasteiger partial charge >= 0.3 is 0 Å². The second-order valence-electron chi connectivity index (χ2n) is 5.89.